The predicted molar refractivity (Wildman–Crippen MR) is 75.2 cm³/mol. The Labute approximate surface area is 117 Å². The van der Waals surface area contributed by atoms with Crippen LogP contribution in [0.25, 0.3) is 0 Å². The number of methoxy groups -OCH3 is 2. The van der Waals surface area contributed by atoms with Gasteiger partial charge in [0.1, 0.15) is 5.54 Å². The quantitative estimate of drug-likeness (QED) is 0.616. The SMILES string of the molecule is CCCNC(C)(CC(C)OC(C)COC)C(=O)OC. The Hall–Kier alpha value is -0.650. The minimum Gasteiger partial charge on any atom is -0.468 e. The molecule has 0 bridgehead atoms. The van der Waals surface area contributed by atoms with Gasteiger partial charge in [-0.1, -0.05) is 6.92 Å². The van der Waals surface area contributed by atoms with Crippen LogP contribution in [0.1, 0.15) is 40.5 Å². The van der Waals surface area contributed by atoms with Gasteiger partial charge in [0.05, 0.1) is 25.9 Å². The summed E-state index contributed by atoms with van der Waals surface area (Å²) in [5.41, 5.74) is -0.711. The molecule has 0 radical (unpaired) electrons. The fourth-order valence-corrected chi connectivity index (χ4v) is 2.15. The zero-order chi connectivity index (χ0) is 14.9. The molecule has 19 heavy (non-hydrogen) atoms. The summed E-state index contributed by atoms with van der Waals surface area (Å²) in [6, 6.07) is 0. The lowest BCUT2D eigenvalue weighted by atomic mass is 9.94. The summed E-state index contributed by atoms with van der Waals surface area (Å²) in [6.45, 7) is 9.14. The molecule has 0 rings (SSSR count). The van der Waals surface area contributed by atoms with Gasteiger partial charge in [-0.3, -0.25) is 4.79 Å². The Morgan fingerprint density at radius 1 is 1.26 bits per heavy atom. The Kier molecular flexibility index (Phi) is 8.97. The van der Waals surface area contributed by atoms with Gasteiger partial charge in [0.2, 0.25) is 0 Å². The smallest absolute Gasteiger partial charge is 0.325 e. The van der Waals surface area contributed by atoms with Crippen LogP contribution < -0.4 is 5.32 Å². The van der Waals surface area contributed by atoms with Gasteiger partial charge in [0, 0.05) is 13.5 Å². The van der Waals surface area contributed by atoms with Gasteiger partial charge in [0.25, 0.3) is 0 Å². The second-order valence-corrected chi connectivity index (χ2v) is 5.17. The van der Waals surface area contributed by atoms with Crippen molar-refractivity contribution in [3.8, 4) is 0 Å². The number of hydrogen-bond acceptors (Lipinski definition) is 5. The van der Waals surface area contributed by atoms with Gasteiger partial charge in [0.15, 0.2) is 0 Å². The fraction of sp³-hybridized carbons (Fsp3) is 0.929. The van der Waals surface area contributed by atoms with E-state index >= 15 is 0 Å². The van der Waals surface area contributed by atoms with E-state index in [4.69, 9.17) is 14.2 Å². The molecule has 5 nitrogen and oxygen atoms in total. The van der Waals surface area contributed by atoms with Crippen LogP contribution in [0.2, 0.25) is 0 Å². The molecule has 0 saturated carbocycles. The van der Waals surface area contributed by atoms with Gasteiger partial charge in [-0.15, -0.1) is 0 Å². The van der Waals surface area contributed by atoms with Crippen LogP contribution in [-0.2, 0) is 19.0 Å². The average molecular weight is 275 g/mol. The predicted octanol–water partition coefficient (Wildman–Crippen LogP) is 1.75. The van der Waals surface area contributed by atoms with Crippen molar-refractivity contribution >= 4 is 5.97 Å². The van der Waals surface area contributed by atoms with E-state index < -0.39 is 5.54 Å². The Morgan fingerprint density at radius 3 is 2.37 bits per heavy atom. The molecule has 0 fully saturated rings. The third kappa shape index (κ3) is 6.89. The first kappa shape index (κ1) is 18.4. The number of hydrogen-bond donors (Lipinski definition) is 1. The molecule has 3 unspecified atom stereocenters. The monoisotopic (exact) mass is 275 g/mol. The Bertz CT molecular complexity index is 260. The van der Waals surface area contributed by atoms with E-state index in [1.54, 1.807) is 7.11 Å². The molecule has 5 heteroatoms. The molecule has 0 saturated heterocycles. The Morgan fingerprint density at radius 2 is 1.89 bits per heavy atom. The molecular formula is C14H29NO4. The topological polar surface area (TPSA) is 56.8 Å². The van der Waals surface area contributed by atoms with Crippen LogP contribution in [0, 0.1) is 0 Å². The van der Waals surface area contributed by atoms with E-state index in [0.717, 1.165) is 13.0 Å². The first-order chi connectivity index (χ1) is 8.89. The van der Waals surface area contributed by atoms with Crippen LogP contribution in [0.15, 0.2) is 0 Å². The van der Waals surface area contributed by atoms with E-state index in [-0.39, 0.29) is 18.2 Å². The highest BCUT2D eigenvalue weighted by Gasteiger charge is 2.35. The molecule has 1 N–H and O–H groups in total. The van der Waals surface area contributed by atoms with E-state index in [9.17, 15) is 4.79 Å². The minimum absolute atomic E-state index is 0.00747. The molecule has 0 spiro atoms. The lowest BCUT2D eigenvalue weighted by Gasteiger charge is -2.31. The highest BCUT2D eigenvalue weighted by atomic mass is 16.5. The van der Waals surface area contributed by atoms with Crippen molar-refractivity contribution in [2.45, 2.75) is 58.3 Å². The van der Waals surface area contributed by atoms with E-state index in [0.29, 0.717) is 13.0 Å². The summed E-state index contributed by atoms with van der Waals surface area (Å²) in [5.74, 6) is -0.254. The summed E-state index contributed by atoms with van der Waals surface area (Å²) < 4.78 is 15.7. The molecule has 0 amide bonds. The summed E-state index contributed by atoms with van der Waals surface area (Å²) in [7, 11) is 3.05. The number of rotatable bonds is 10. The maximum absolute atomic E-state index is 11.9. The van der Waals surface area contributed by atoms with Crippen molar-refractivity contribution in [2.24, 2.45) is 0 Å². The normalized spacial score (nSPS) is 17.6. The van der Waals surface area contributed by atoms with Crippen molar-refractivity contribution in [3.05, 3.63) is 0 Å². The first-order valence-corrected chi connectivity index (χ1v) is 6.87. The van der Waals surface area contributed by atoms with E-state index in [1.165, 1.54) is 7.11 Å². The van der Waals surface area contributed by atoms with Crippen LogP contribution in [-0.4, -0.2) is 51.1 Å². The number of carbonyl (C=O) groups is 1. The third-order valence-corrected chi connectivity index (χ3v) is 2.96. The standard InChI is InChI=1S/C14H29NO4/c1-7-8-15-14(4,13(16)18-6)9-11(2)19-12(3)10-17-5/h11-12,15H,7-10H2,1-6H3. The second kappa shape index (κ2) is 9.28. The molecule has 114 valence electrons. The van der Waals surface area contributed by atoms with Gasteiger partial charge in [-0.25, -0.2) is 0 Å². The summed E-state index contributed by atoms with van der Waals surface area (Å²) in [4.78, 5) is 11.9. The molecule has 0 aliphatic heterocycles. The summed E-state index contributed by atoms with van der Waals surface area (Å²) >= 11 is 0. The van der Waals surface area contributed by atoms with E-state index in [1.807, 2.05) is 20.8 Å². The average Bonchev–Trinajstić information content (AvgIpc) is 2.35. The zero-order valence-corrected chi connectivity index (χ0v) is 13.1. The van der Waals surface area contributed by atoms with Crippen molar-refractivity contribution in [1.82, 2.24) is 5.32 Å². The first-order valence-electron chi connectivity index (χ1n) is 6.87. The van der Waals surface area contributed by atoms with Crippen molar-refractivity contribution < 1.29 is 19.0 Å². The van der Waals surface area contributed by atoms with E-state index in [2.05, 4.69) is 12.2 Å². The van der Waals surface area contributed by atoms with Crippen molar-refractivity contribution in [3.63, 3.8) is 0 Å². The highest BCUT2D eigenvalue weighted by Crippen LogP contribution is 2.17. The summed E-state index contributed by atoms with van der Waals surface area (Å²) in [6.07, 6.45) is 1.47. The lowest BCUT2D eigenvalue weighted by molar-refractivity contribution is -0.150. The molecule has 0 aliphatic carbocycles. The van der Waals surface area contributed by atoms with Crippen LogP contribution in [0.4, 0.5) is 0 Å². The number of ether oxygens (including phenoxy) is 3. The number of carbonyl (C=O) groups excluding carboxylic acids is 1. The third-order valence-electron chi connectivity index (χ3n) is 2.96. The minimum atomic E-state index is -0.711. The highest BCUT2D eigenvalue weighted by molar-refractivity contribution is 5.80. The molecule has 0 aliphatic rings. The number of nitrogens with one attached hydrogen (secondary N) is 1. The second-order valence-electron chi connectivity index (χ2n) is 5.17. The molecule has 0 aromatic rings. The van der Waals surface area contributed by atoms with Gasteiger partial charge < -0.3 is 19.5 Å². The molecule has 0 heterocycles. The van der Waals surface area contributed by atoms with Gasteiger partial charge in [-0.05, 0) is 33.7 Å². The van der Waals surface area contributed by atoms with Crippen LogP contribution in [0.3, 0.4) is 0 Å². The lowest BCUT2D eigenvalue weighted by Crippen LogP contribution is -2.52. The molecule has 0 aromatic carbocycles. The van der Waals surface area contributed by atoms with Gasteiger partial charge >= 0.3 is 5.97 Å². The maximum atomic E-state index is 11.9. The zero-order valence-electron chi connectivity index (χ0n) is 13.1. The molecule has 3 atom stereocenters. The largest absolute Gasteiger partial charge is 0.468 e. The fourth-order valence-electron chi connectivity index (χ4n) is 2.15. The van der Waals surface area contributed by atoms with Gasteiger partial charge in [-0.2, -0.15) is 0 Å². The molecule has 0 aromatic heterocycles. The van der Waals surface area contributed by atoms with Crippen molar-refractivity contribution in [2.75, 3.05) is 27.4 Å². The Balaban J connectivity index is 4.49. The maximum Gasteiger partial charge on any atom is 0.325 e. The van der Waals surface area contributed by atoms with Crippen molar-refractivity contribution in [1.29, 1.82) is 0 Å². The molecular weight excluding hydrogens is 246 g/mol. The van der Waals surface area contributed by atoms with Crippen LogP contribution >= 0.6 is 0 Å². The van der Waals surface area contributed by atoms with Crippen LogP contribution in [0.5, 0.6) is 0 Å². The number of esters is 1. The summed E-state index contributed by atoms with van der Waals surface area (Å²) in [5, 5.41) is 3.25.